The van der Waals surface area contributed by atoms with Crippen molar-refractivity contribution < 1.29 is 9.59 Å². The molecule has 6 heteroatoms. The molecule has 1 rings (SSSR count). The second-order valence-corrected chi connectivity index (χ2v) is 4.43. The highest BCUT2D eigenvalue weighted by molar-refractivity contribution is 5.84. The van der Waals surface area contributed by atoms with Gasteiger partial charge >= 0.3 is 0 Å². The minimum Gasteiger partial charge on any atom is -0.355 e. The quantitative estimate of drug-likeness (QED) is 0.565. The summed E-state index contributed by atoms with van der Waals surface area (Å²) in [6, 6.07) is -0.244. The van der Waals surface area contributed by atoms with Gasteiger partial charge in [0.05, 0.1) is 6.54 Å². The van der Waals surface area contributed by atoms with E-state index < -0.39 is 0 Å². The van der Waals surface area contributed by atoms with Crippen molar-refractivity contribution in [1.82, 2.24) is 20.9 Å². The van der Waals surface area contributed by atoms with Crippen LogP contribution in [0.25, 0.3) is 0 Å². The number of nitrogens with one attached hydrogen (secondary N) is 3. The minimum atomic E-state index is -0.244. The molecule has 0 aliphatic carbocycles. The Morgan fingerprint density at radius 2 is 2.11 bits per heavy atom. The summed E-state index contributed by atoms with van der Waals surface area (Å²) in [7, 11) is 0. The number of carbonyl (C=O) groups excluding carboxylic acids is 2. The first-order valence-electron chi connectivity index (χ1n) is 6.68. The molecular formula is C12H24N4O2. The molecule has 2 amide bonds. The van der Waals surface area contributed by atoms with Crippen LogP contribution < -0.4 is 16.0 Å². The molecule has 1 unspecified atom stereocenters. The third-order valence-electron chi connectivity index (χ3n) is 2.93. The molecule has 0 radical (unpaired) electrons. The molecule has 6 nitrogen and oxygen atoms in total. The Kier molecular flexibility index (Phi) is 6.67. The molecule has 18 heavy (non-hydrogen) atoms. The van der Waals surface area contributed by atoms with E-state index in [1.807, 2.05) is 18.7 Å². The molecule has 0 aromatic rings. The Morgan fingerprint density at radius 1 is 1.33 bits per heavy atom. The van der Waals surface area contributed by atoms with Crippen LogP contribution in [-0.2, 0) is 9.59 Å². The molecule has 0 saturated carbocycles. The summed E-state index contributed by atoms with van der Waals surface area (Å²) in [6.45, 7) is 7.66. The van der Waals surface area contributed by atoms with E-state index in [-0.39, 0.29) is 17.9 Å². The fourth-order valence-corrected chi connectivity index (χ4v) is 1.99. The summed E-state index contributed by atoms with van der Waals surface area (Å²) >= 11 is 0. The first-order valence-corrected chi connectivity index (χ1v) is 6.68. The monoisotopic (exact) mass is 256 g/mol. The predicted octanol–water partition coefficient (Wildman–Crippen LogP) is -1.08. The van der Waals surface area contributed by atoms with Gasteiger partial charge in [-0.15, -0.1) is 0 Å². The van der Waals surface area contributed by atoms with Gasteiger partial charge in [-0.3, -0.25) is 14.5 Å². The van der Waals surface area contributed by atoms with Crippen LogP contribution in [0.2, 0.25) is 0 Å². The van der Waals surface area contributed by atoms with E-state index in [1.165, 1.54) is 0 Å². The molecule has 0 bridgehead atoms. The molecule has 1 fully saturated rings. The van der Waals surface area contributed by atoms with Crippen LogP contribution >= 0.6 is 0 Å². The van der Waals surface area contributed by atoms with E-state index in [0.717, 1.165) is 19.5 Å². The second-order valence-electron chi connectivity index (χ2n) is 4.43. The molecule has 0 aromatic heterocycles. The second kappa shape index (κ2) is 8.05. The standard InChI is InChI=1S/C12H24N4O2/c1-3-5-15-11(17)9-16-7-6-13-8-10(16)12(18)14-4-2/h10,13H,3-9H2,1-2H3,(H,14,18)(H,15,17). The minimum absolute atomic E-state index is 0.00644. The average Bonchev–Trinajstić information content (AvgIpc) is 2.37. The van der Waals surface area contributed by atoms with Crippen molar-refractivity contribution in [3.8, 4) is 0 Å². The Labute approximate surface area is 108 Å². The van der Waals surface area contributed by atoms with E-state index in [4.69, 9.17) is 0 Å². The van der Waals surface area contributed by atoms with Crippen LogP contribution in [0, 0.1) is 0 Å². The number of hydrogen-bond acceptors (Lipinski definition) is 4. The first-order chi connectivity index (χ1) is 8.69. The van der Waals surface area contributed by atoms with Gasteiger partial charge in [0.2, 0.25) is 11.8 Å². The third kappa shape index (κ3) is 4.62. The molecule has 0 aromatic carbocycles. The summed E-state index contributed by atoms with van der Waals surface area (Å²) in [6.07, 6.45) is 0.924. The van der Waals surface area contributed by atoms with Crippen LogP contribution in [0.4, 0.5) is 0 Å². The van der Waals surface area contributed by atoms with Crippen molar-refractivity contribution >= 4 is 11.8 Å². The molecule has 1 heterocycles. The normalized spacial score (nSPS) is 20.4. The highest BCUT2D eigenvalue weighted by Crippen LogP contribution is 2.03. The number of piperazine rings is 1. The van der Waals surface area contributed by atoms with E-state index in [0.29, 0.717) is 26.2 Å². The lowest BCUT2D eigenvalue weighted by atomic mass is 10.1. The zero-order chi connectivity index (χ0) is 13.4. The molecule has 3 N–H and O–H groups in total. The maximum atomic E-state index is 11.9. The Bertz CT molecular complexity index is 283. The fraction of sp³-hybridized carbons (Fsp3) is 0.833. The summed E-state index contributed by atoms with van der Waals surface area (Å²) < 4.78 is 0. The highest BCUT2D eigenvalue weighted by Gasteiger charge is 2.29. The van der Waals surface area contributed by atoms with Crippen molar-refractivity contribution in [2.24, 2.45) is 0 Å². The van der Waals surface area contributed by atoms with Gasteiger partial charge in [-0.2, -0.15) is 0 Å². The number of rotatable bonds is 6. The molecule has 104 valence electrons. The molecule has 1 aliphatic rings. The van der Waals surface area contributed by atoms with Gasteiger partial charge in [-0.25, -0.2) is 0 Å². The number of hydrogen-bond donors (Lipinski definition) is 3. The number of nitrogens with zero attached hydrogens (tertiary/aromatic N) is 1. The average molecular weight is 256 g/mol. The van der Waals surface area contributed by atoms with Crippen molar-refractivity contribution in [1.29, 1.82) is 0 Å². The van der Waals surface area contributed by atoms with Gasteiger partial charge in [0, 0.05) is 32.7 Å². The van der Waals surface area contributed by atoms with Crippen molar-refractivity contribution in [3.05, 3.63) is 0 Å². The van der Waals surface area contributed by atoms with Crippen molar-refractivity contribution in [2.75, 3.05) is 39.3 Å². The lowest BCUT2D eigenvalue weighted by Crippen LogP contribution is -2.59. The molecular weight excluding hydrogens is 232 g/mol. The smallest absolute Gasteiger partial charge is 0.238 e. The van der Waals surface area contributed by atoms with E-state index in [9.17, 15) is 9.59 Å². The maximum absolute atomic E-state index is 11.9. The lowest BCUT2D eigenvalue weighted by molar-refractivity contribution is -0.129. The van der Waals surface area contributed by atoms with Gasteiger partial charge in [-0.1, -0.05) is 6.92 Å². The number of amides is 2. The van der Waals surface area contributed by atoms with Crippen LogP contribution in [0.15, 0.2) is 0 Å². The van der Waals surface area contributed by atoms with Crippen LogP contribution in [-0.4, -0.2) is 62.0 Å². The molecule has 1 saturated heterocycles. The molecule has 0 spiro atoms. The van der Waals surface area contributed by atoms with Gasteiger partial charge < -0.3 is 16.0 Å². The highest BCUT2D eigenvalue weighted by atomic mass is 16.2. The number of carbonyl (C=O) groups is 2. The molecule has 1 atom stereocenters. The Morgan fingerprint density at radius 3 is 2.78 bits per heavy atom. The topological polar surface area (TPSA) is 73.5 Å². The zero-order valence-corrected chi connectivity index (χ0v) is 11.3. The third-order valence-corrected chi connectivity index (χ3v) is 2.93. The lowest BCUT2D eigenvalue weighted by Gasteiger charge is -2.34. The number of likely N-dealkylation sites (N-methyl/N-ethyl adjacent to an activating group) is 1. The zero-order valence-electron chi connectivity index (χ0n) is 11.3. The Hall–Kier alpha value is -1.14. The van der Waals surface area contributed by atoms with Gasteiger partial charge in [-0.05, 0) is 13.3 Å². The van der Waals surface area contributed by atoms with Crippen LogP contribution in [0.1, 0.15) is 20.3 Å². The molecule has 1 aliphatic heterocycles. The maximum Gasteiger partial charge on any atom is 0.238 e. The van der Waals surface area contributed by atoms with E-state index in [1.54, 1.807) is 0 Å². The van der Waals surface area contributed by atoms with Crippen LogP contribution in [0.5, 0.6) is 0 Å². The van der Waals surface area contributed by atoms with Gasteiger partial charge in [0.1, 0.15) is 6.04 Å². The van der Waals surface area contributed by atoms with E-state index in [2.05, 4.69) is 16.0 Å². The Balaban J connectivity index is 2.48. The van der Waals surface area contributed by atoms with Gasteiger partial charge in [0.25, 0.3) is 0 Å². The predicted molar refractivity (Wildman–Crippen MR) is 70.2 cm³/mol. The fourth-order valence-electron chi connectivity index (χ4n) is 1.99. The van der Waals surface area contributed by atoms with E-state index >= 15 is 0 Å². The van der Waals surface area contributed by atoms with Crippen LogP contribution in [0.3, 0.4) is 0 Å². The first kappa shape index (κ1) is 14.9. The summed E-state index contributed by atoms with van der Waals surface area (Å²) in [5.74, 6) is -0.0129. The largest absolute Gasteiger partial charge is 0.355 e. The van der Waals surface area contributed by atoms with Crippen molar-refractivity contribution in [3.63, 3.8) is 0 Å². The van der Waals surface area contributed by atoms with Gasteiger partial charge in [0.15, 0.2) is 0 Å². The summed E-state index contributed by atoms with van der Waals surface area (Å²) in [4.78, 5) is 25.5. The SMILES string of the molecule is CCCNC(=O)CN1CCNCC1C(=O)NCC. The summed E-state index contributed by atoms with van der Waals surface area (Å²) in [5, 5.41) is 8.83. The van der Waals surface area contributed by atoms with Crippen molar-refractivity contribution in [2.45, 2.75) is 26.3 Å². The summed E-state index contributed by atoms with van der Waals surface area (Å²) in [5.41, 5.74) is 0.